The Kier molecular flexibility index (Phi) is 3.75. The van der Waals surface area contributed by atoms with Crippen molar-refractivity contribution in [1.29, 1.82) is 0 Å². The summed E-state index contributed by atoms with van der Waals surface area (Å²) in [5.41, 5.74) is -1.44. The van der Waals surface area contributed by atoms with E-state index in [0.29, 0.717) is 12.8 Å². The van der Waals surface area contributed by atoms with Gasteiger partial charge in [0.2, 0.25) is 0 Å². The second kappa shape index (κ2) is 5.59. The minimum absolute atomic E-state index is 0.00956. The third kappa shape index (κ3) is 2.23. The van der Waals surface area contributed by atoms with Gasteiger partial charge in [0.1, 0.15) is 6.10 Å². The van der Waals surface area contributed by atoms with Crippen LogP contribution in [0.5, 0.6) is 0 Å². The van der Waals surface area contributed by atoms with Gasteiger partial charge in [-0.3, -0.25) is 4.79 Å². The van der Waals surface area contributed by atoms with E-state index in [4.69, 9.17) is 9.47 Å². The van der Waals surface area contributed by atoms with E-state index in [1.165, 1.54) is 0 Å². The van der Waals surface area contributed by atoms with E-state index >= 15 is 0 Å². The van der Waals surface area contributed by atoms with Crippen LogP contribution < -0.4 is 0 Å². The maximum Gasteiger partial charge on any atom is 0.339 e. The second-order valence-corrected chi connectivity index (χ2v) is 10.6. The monoisotopic (exact) mass is 402 g/mol. The molecule has 0 spiro atoms. The van der Waals surface area contributed by atoms with Gasteiger partial charge in [0.05, 0.1) is 6.10 Å². The molecule has 1 heterocycles. The number of carboxylic acids is 1. The predicted molar refractivity (Wildman–Crippen MR) is 104 cm³/mol. The number of allylic oxidation sites excluding steroid dienone is 4. The molecule has 0 aromatic rings. The number of aliphatic hydroxyl groups excluding tert-OH is 1. The average Bonchev–Trinajstić information content (AvgIpc) is 3.02. The average molecular weight is 402 g/mol. The highest BCUT2D eigenvalue weighted by Gasteiger charge is 2.77. The van der Waals surface area contributed by atoms with Gasteiger partial charge in [-0.25, -0.2) is 4.79 Å². The summed E-state index contributed by atoms with van der Waals surface area (Å²) in [5.74, 6) is -1.74. The molecule has 0 radical (unpaired) electrons. The SMILES string of the molecule is CC1(C)O[C@@H]2C[C@H]3[C@@H]4CCC5=CC(=O)C=C[C@]5(C)[C@H]4[C@H](O)C[C@]3(C)[C@]2(C(=O)O)O1. The van der Waals surface area contributed by atoms with Crippen molar-refractivity contribution >= 4 is 11.8 Å². The molecule has 0 aromatic carbocycles. The molecule has 29 heavy (non-hydrogen) atoms. The number of aliphatic hydroxyl groups is 1. The Bertz CT molecular complexity index is 857. The Labute approximate surface area is 170 Å². The zero-order valence-corrected chi connectivity index (χ0v) is 17.5. The molecule has 1 saturated heterocycles. The first-order valence-corrected chi connectivity index (χ1v) is 10.7. The lowest BCUT2D eigenvalue weighted by Crippen LogP contribution is -2.63. The van der Waals surface area contributed by atoms with Crippen LogP contribution in [0.1, 0.15) is 53.4 Å². The van der Waals surface area contributed by atoms with E-state index in [2.05, 4.69) is 6.92 Å². The van der Waals surface area contributed by atoms with E-state index in [9.17, 15) is 19.8 Å². The molecule has 5 aliphatic rings. The molecule has 0 bridgehead atoms. The van der Waals surface area contributed by atoms with Crippen LogP contribution in [-0.2, 0) is 19.1 Å². The summed E-state index contributed by atoms with van der Waals surface area (Å²) < 4.78 is 12.3. The summed E-state index contributed by atoms with van der Waals surface area (Å²) in [6.07, 6.45) is 6.73. The molecule has 4 aliphatic carbocycles. The Morgan fingerprint density at radius 2 is 1.97 bits per heavy atom. The fourth-order valence-corrected chi connectivity index (χ4v) is 7.79. The fraction of sp³-hybridized carbons (Fsp3) is 0.739. The minimum Gasteiger partial charge on any atom is -0.479 e. The first-order valence-electron chi connectivity index (χ1n) is 10.7. The van der Waals surface area contributed by atoms with Crippen molar-refractivity contribution in [2.75, 3.05) is 0 Å². The van der Waals surface area contributed by atoms with E-state index in [1.807, 2.05) is 13.0 Å². The van der Waals surface area contributed by atoms with Crippen molar-refractivity contribution in [1.82, 2.24) is 0 Å². The van der Waals surface area contributed by atoms with Crippen LogP contribution in [0.2, 0.25) is 0 Å². The zero-order chi connectivity index (χ0) is 21.0. The molecule has 2 N–H and O–H groups in total. The number of carbonyl (C=O) groups excluding carboxylic acids is 1. The van der Waals surface area contributed by atoms with Crippen molar-refractivity contribution in [3.8, 4) is 0 Å². The lowest BCUT2D eigenvalue weighted by atomic mass is 9.46. The third-order valence-corrected chi connectivity index (χ3v) is 8.81. The molecular weight excluding hydrogens is 372 g/mol. The number of hydrogen-bond donors (Lipinski definition) is 2. The van der Waals surface area contributed by atoms with Crippen LogP contribution in [0, 0.1) is 28.6 Å². The van der Waals surface area contributed by atoms with E-state index in [1.54, 1.807) is 26.0 Å². The van der Waals surface area contributed by atoms with Crippen LogP contribution in [-0.4, -0.2) is 45.6 Å². The summed E-state index contributed by atoms with van der Waals surface area (Å²) in [6.45, 7) is 7.62. The summed E-state index contributed by atoms with van der Waals surface area (Å²) in [7, 11) is 0. The largest absolute Gasteiger partial charge is 0.479 e. The Balaban J connectivity index is 1.59. The predicted octanol–water partition coefficient (Wildman–Crippen LogP) is 2.85. The van der Waals surface area contributed by atoms with Gasteiger partial charge in [0, 0.05) is 16.7 Å². The normalized spacial score (nSPS) is 52.2. The van der Waals surface area contributed by atoms with Crippen LogP contribution in [0.25, 0.3) is 0 Å². The van der Waals surface area contributed by atoms with Crippen LogP contribution in [0.3, 0.4) is 0 Å². The quantitative estimate of drug-likeness (QED) is 0.701. The van der Waals surface area contributed by atoms with E-state index < -0.39 is 35.0 Å². The molecule has 5 rings (SSSR count). The maximum atomic E-state index is 12.6. The number of aliphatic carboxylic acids is 1. The molecule has 6 nitrogen and oxygen atoms in total. The van der Waals surface area contributed by atoms with Crippen molar-refractivity contribution in [2.24, 2.45) is 28.6 Å². The number of ketones is 1. The smallest absolute Gasteiger partial charge is 0.339 e. The van der Waals surface area contributed by atoms with Gasteiger partial charge < -0.3 is 19.7 Å². The standard InChI is InChI=1S/C23H30O6/c1-20(2)28-17-10-15-14-6-5-12-9-13(24)7-8-21(12,3)18(14)16(25)11-22(15,4)23(17,29-20)19(26)27/h7-9,14-18,25H,5-6,10-11H2,1-4H3,(H,26,27)/t14-,15-,16+,17+,18+,21-,22-,23-/m0/s1. The highest BCUT2D eigenvalue weighted by atomic mass is 16.8. The number of rotatable bonds is 1. The topological polar surface area (TPSA) is 93.1 Å². The Morgan fingerprint density at radius 3 is 2.66 bits per heavy atom. The molecule has 0 aromatic heterocycles. The van der Waals surface area contributed by atoms with Crippen molar-refractivity contribution in [2.45, 2.75) is 77.0 Å². The molecule has 158 valence electrons. The van der Waals surface area contributed by atoms with Gasteiger partial charge in [0.25, 0.3) is 0 Å². The van der Waals surface area contributed by atoms with Gasteiger partial charge >= 0.3 is 5.97 Å². The molecule has 0 amide bonds. The van der Waals surface area contributed by atoms with Crippen molar-refractivity contribution < 1.29 is 29.3 Å². The van der Waals surface area contributed by atoms with E-state index in [0.717, 1.165) is 18.4 Å². The first kappa shape index (κ1) is 19.5. The van der Waals surface area contributed by atoms with Crippen molar-refractivity contribution in [3.63, 3.8) is 0 Å². The molecular formula is C23H30O6. The maximum absolute atomic E-state index is 12.6. The molecule has 4 fully saturated rings. The summed E-state index contributed by atoms with van der Waals surface area (Å²) in [4.78, 5) is 24.5. The summed E-state index contributed by atoms with van der Waals surface area (Å²) in [5, 5.41) is 21.7. The Hall–Kier alpha value is -1.50. The molecule has 0 unspecified atom stereocenters. The third-order valence-electron chi connectivity index (χ3n) is 8.81. The molecule has 6 heteroatoms. The highest BCUT2D eigenvalue weighted by molar-refractivity contribution is 6.01. The zero-order valence-electron chi connectivity index (χ0n) is 17.5. The number of hydrogen-bond acceptors (Lipinski definition) is 5. The number of carbonyl (C=O) groups is 2. The van der Waals surface area contributed by atoms with Crippen LogP contribution in [0.4, 0.5) is 0 Å². The number of carboxylic acid groups (broad SMARTS) is 1. The second-order valence-electron chi connectivity index (χ2n) is 10.6. The summed E-state index contributed by atoms with van der Waals surface area (Å²) in [6, 6.07) is 0. The first-order chi connectivity index (χ1) is 13.4. The van der Waals surface area contributed by atoms with Gasteiger partial charge in [-0.2, -0.15) is 0 Å². The van der Waals surface area contributed by atoms with Crippen LogP contribution in [0.15, 0.2) is 23.8 Å². The molecule has 8 atom stereocenters. The highest BCUT2D eigenvalue weighted by Crippen LogP contribution is 2.70. The lowest BCUT2D eigenvalue weighted by Gasteiger charge is -2.59. The number of ether oxygens (including phenoxy) is 2. The number of fused-ring (bicyclic) bond motifs is 7. The minimum atomic E-state index is -1.44. The Morgan fingerprint density at radius 1 is 1.24 bits per heavy atom. The van der Waals surface area contributed by atoms with Gasteiger partial charge in [-0.15, -0.1) is 0 Å². The fourth-order valence-electron chi connectivity index (χ4n) is 7.79. The van der Waals surface area contributed by atoms with E-state index in [-0.39, 0.29) is 29.0 Å². The molecule has 3 saturated carbocycles. The summed E-state index contributed by atoms with van der Waals surface area (Å²) >= 11 is 0. The van der Waals surface area contributed by atoms with Gasteiger partial charge in [0.15, 0.2) is 17.2 Å². The van der Waals surface area contributed by atoms with Crippen LogP contribution >= 0.6 is 0 Å². The molecule has 1 aliphatic heterocycles. The van der Waals surface area contributed by atoms with Crippen molar-refractivity contribution in [3.05, 3.63) is 23.8 Å². The van der Waals surface area contributed by atoms with Gasteiger partial charge in [-0.05, 0) is 63.5 Å². The van der Waals surface area contributed by atoms with Gasteiger partial charge in [-0.1, -0.05) is 25.5 Å². The lowest BCUT2D eigenvalue weighted by molar-refractivity contribution is -0.232.